The normalized spacial score (nSPS) is 25.4. The highest BCUT2D eigenvalue weighted by Crippen LogP contribution is 2.35. The van der Waals surface area contributed by atoms with E-state index in [-0.39, 0.29) is 6.04 Å². The zero-order valence-corrected chi connectivity index (χ0v) is 11.8. The molecule has 2 rings (SSSR count). The summed E-state index contributed by atoms with van der Waals surface area (Å²) in [6, 6.07) is 6.57. The largest absolute Gasteiger partial charge is 0.407 e. The van der Waals surface area contributed by atoms with Gasteiger partial charge in [-0.3, -0.25) is 5.32 Å². The highest BCUT2D eigenvalue weighted by molar-refractivity contribution is 5.20. The molecule has 1 aromatic rings. The predicted octanol–water partition coefficient (Wildman–Crippen LogP) is 4.85. The van der Waals surface area contributed by atoms with E-state index in [0.29, 0.717) is 11.5 Å². The van der Waals surface area contributed by atoms with Crippen LogP contribution in [-0.4, -0.2) is 12.2 Å². The van der Waals surface area contributed by atoms with E-state index in [1.54, 1.807) is 30.3 Å². The van der Waals surface area contributed by atoms with E-state index < -0.39 is 12.2 Å². The number of halogens is 3. The summed E-state index contributed by atoms with van der Waals surface area (Å²) >= 11 is 0. The minimum Gasteiger partial charge on any atom is -0.300 e. The minimum absolute atomic E-state index is 0.0273. The molecule has 0 amide bonds. The number of hydrogen-bond acceptors (Lipinski definition) is 1. The highest BCUT2D eigenvalue weighted by Gasteiger charge is 2.42. The van der Waals surface area contributed by atoms with E-state index in [0.717, 1.165) is 32.1 Å². The molecule has 0 heterocycles. The Labute approximate surface area is 118 Å². The van der Waals surface area contributed by atoms with Crippen LogP contribution in [0.25, 0.3) is 0 Å². The molecule has 4 heteroatoms. The Morgan fingerprint density at radius 2 is 1.90 bits per heavy atom. The quantitative estimate of drug-likeness (QED) is 0.834. The van der Waals surface area contributed by atoms with E-state index >= 15 is 0 Å². The minimum atomic E-state index is -4.25. The monoisotopic (exact) mass is 285 g/mol. The van der Waals surface area contributed by atoms with E-state index in [4.69, 9.17) is 0 Å². The molecule has 3 unspecified atom stereocenters. The van der Waals surface area contributed by atoms with Gasteiger partial charge >= 0.3 is 6.18 Å². The second-order valence-corrected chi connectivity index (χ2v) is 5.69. The van der Waals surface area contributed by atoms with Crippen molar-refractivity contribution in [3.05, 3.63) is 35.9 Å². The lowest BCUT2D eigenvalue weighted by atomic mass is 9.83. The summed E-state index contributed by atoms with van der Waals surface area (Å²) in [7, 11) is 0. The number of hydrogen-bond donors (Lipinski definition) is 1. The summed E-state index contributed by atoms with van der Waals surface area (Å²) < 4.78 is 39.8. The first-order valence-electron chi connectivity index (χ1n) is 7.38. The highest BCUT2D eigenvalue weighted by atomic mass is 19.4. The third kappa shape index (κ3) is 3.98. The van der Waals surface area contributed by atoms with Crippen molar-refractivity contribution in [3.63, 3.8) is 0 Å². The van der Waals surface area contributed by atoms with Crippen LogP contribution < -0.4 is 5.32 Å². The van der Waals surface area contributed by atoms with Crippen LogP contribution >= 0.6 is 0 Å². The number of rotatable bonds is 4. The molecule has 0 bridgehead atoms. The molecule has 0 aromatic heterocycles. The molecule has 1 fully saturated rings. The molecule has 3 atom stereocenters. The molecule has 112 valence electrons. The van der Waals surface area contributed by atoms with Crippen molar-refractivity contribution in [2.75, 3.05) is 0 Å². The third-order valence-electron chi connectivity index (χ3n) is 4.22. The molecule has 1 nitrogen and oxygen atoms in total. The lowest BCUT2D eigenvalue weighted by molar-refractivity contribution is -0.160. The smallest absolute Gasteiger partial charge is 0.300 e. The molecule has 0 spiro atoms. The van der Waals surface area contributed by atoms with Crippen molar-refractivity contribution in [2.45, 2.75) is 57.3 Å². The third-order valence-corrected chi connectivity index (χ3v) is 4.22. The van der Waals surface area contributed by atoms with Gasteiger partial charge in [0.15, 0.2) is 0 Å². The van der Waals surface area contributed by atoms with Crippen molar-refractivity contribution in [1.82, 2.24) is 5.32 Å². The van der Waals surface area contributed by atoms with Crippen LogP contribution in [0.3, 0.4) is 0 Å². The maximum absolute atomic E-state index is 13.3. The fourth-order valence-corrected chi connectivity index (χ4v) is 3.07. The van der Waals surface area contributed by atoms with Gasteiger partial charge in [-0.05, 0) is 24.3 Å². The zero-order chi connectivity index (χ0) is 14.6. The Hall–Kier alpha value is -1.03. The molecule has 1 N–H and O–H groups in total. The molecule has 1 aliphatic rings. The molecule has 0 radical (unpaired) electrons. The lowest BCUT2D eigenvalue weighted by Gasteiger charge is -2.33. The molecule has 0 aliphatic heterocycles. The summed E-state index contributed by atoms with van der Waals surface area (Å²) in [5.74, 6) is 0.561. The number of benzene rings is 1. The van der Waals surface area contributed by atoms with Crippen LogP contribution in [0, 0.1) is 5.92 Å². The van der Waals surface area contributed by atoms with Gasteiger partial charge in [-0.2, -0.15) is 13.2 Å². The first kappa shape index (κ1) is 15.4. The average molecular weight is 285 g/mol. The van der Waals surface area contributed by atoms with Crippen LogP contribution in [0.4, 0.5) is 13.2 Å². The van der Waals surface area contributed by atoms with Gasteiger partial charge in [0.1, 0.15) is 6.04 Å². The van der Waals surface area contributed by atoms with Gasteiger partial charge in [0.2, 0.25) is 0 Å². The molecular weight excluding hydrogens is 263 g/mol. The first-order valence-corrected chi connectivity index (χ1v) is 7.38. The van der Waals surface area contributed by atoms with Gasteiger partial charge < -0.3 is 0 Å². The molecule has 1 saturated carbocycles. The average Bonchev–Trinajstić information content (AvgIpc) is 2.45. The number of nitrogens with one attached hydrogen (secondary N) is 1. The van der Waals surface area contributed by atoms with Crippen LogP contribution in [0.15, 0.2) is 30.3 Å². The Balaban J connectivity index is 2.09. The second kappa shape index (κ2) is 6.61. The fraction of sp³-hybridized carbons (Fsp3) is 0.625. The Kier molecular flexibility index (Phi) is 5.08. The summed E-state index contributed by atoms with van der Waals surface area (Å²) in [4.78, 5) is 0. The van der Waals surface area contributed by atoms with Gasteiger partial charge in [0.05, 0.1) is 0 Å². The van der Waals surface area contributed by atoms with Crippen molar-refractivity contribution >= 4 is 0 Å². The van der Waals surface area contributed by atoms with Crippen LogP contribution in [-0.2, 0) is 0 Å². The maximum Gasteiger partial charge on any atom is 0.407 e. The van der Waals surface area contributed by atoms with Gasteiger partial charge in [-0.25, -0.2) is 0 Å². The van der Waals surface area contributed by atoms with Crippen LogP contribution in [0.2, 0.25) is 0 Å². The predicted molar refractivity (Wildman–Crippen MR) is 74.4 cm³/mol. The second-order valence-electron chi connectivity index (χ2n) is 5.69. The molecule has 0 saturated heterocycles. The van der Waals surface area contributed by atoms with Crippen molar-refractivity contribution in [2.24, 2.45) is 5.92 Å². The fourth-order valence-electron chi connectivity index (χ4n) is 3.07. The van der Waals surface area contributed by atoms with Crippen LogP contribution in [0.1, 0.15) is 50.6 Å². The van der Waals surface area contributed by atoms with E-state index in [9.17, 15) is 13.2 Å². The molecular formula is C16H22F3N. The van der Waals surface area contributed by atoms with Gasteiger partial charge in [0.25, 0.3) is 0 Å². The summed E-state index contributed by atoms with van der Waals surface area (Å²) in [5.41, 5.74) is 0.304. The van der Waals surface area contributed by atoms with E-state index in [1.807, 2.05) is 0 Å². The topological polar surface area (TPSA) is 12.0 Å². The van der Waals surface area contributed by atoms with E-state index in [1.165, 1.54) is 0 Å². The Bertz CT molecular complexity index is 402. The lowest BCUT2D eigenvalue weighted by Crippen LogP contribution is -2.42. The van der Waals surface area contributed by atoms with Crippen LogP contribution in [0.5, 0.6) is 0 Å². The first-order chi connectivity index (χ1) is 9.50. The molecule has 20 heavy (non-hydrogen) atoms. The Morgan fingerprint density at radius 3 is 2.50 bits per heavy atom. The van der Waals surface area contributed by atoms with Crippen molar-refractivity contribution in [1.29, 1.82) is 0 Å². The summed E-state index contributed by atoms with van der Waals surface area (Å²) in [5, 5.41) is 2.85. The molecule has 1 aromatic carbocycles. The van der Waals surface area contributed by atoms with Gasteiger partial charge in [-0.1, -0.05) is 56.5 Å². The summed E-state index contributed by atoms with van der Waals surface area (Å²) in [6.45, 7) is 2.12. The standard InChI is InChI=1S/C16H22F3N/c1-2-12-7-6-10-14(11-12)20-15(16(17,18)19)13-8-4-3-5-9-13/h3-5,8-9,12,14-15,20H,2,6-7,10-11H2,1H3. The van der Waals surface area contributed by atoms with Gasteiger partial charge in [-0.15, -0.1) is 0 Å². The van der Waals surface area contributed by atoms with Crippen molar-refractivity contribution in [3.8, 4) is 0 Å². The zero-order valence-electron chi connectivity index (χ0n) is 11.8. The Morgan fingerprint density at radius 1 is 1.20 bits per heavy atom. The SMILES string of the molecule is CCC1CCCC(NC(c2ccccc2)C(F)(F)F)C1. The molecule has 1 aliphatic carbocycles. The maximum atomic E-state index is 13.3. The van der Waals surface area contributed by atoms with Gasteiger partial charge in [0, 0.05) is 6.04 Å². The number of alkyl halides is 3. The summed E-state index contributed by atoms with van der Waals surface area (Å²) in [6.07, 6.45) is 0.679. The van der Waals surface area contributed by atoms with Crippen molar-refractivity contribution < 1.29 is 13.2 Å². The van der Waals surface area contributed by atoms with E-state index in [2.05, 4.69) is 12.2 Å².